The van der Waals surface area contributed by atoms with Gasteiger partial charge in [0.1, 0.15) is 10.0 Å². The van der Waals surface area contributed by atoms with Crippen molar-refractivity contribution in [2.45, 2.75) is 44.4 Å². The lowest BCUT2D eigenvalue weighted by atomic mass is 9.71. The van der Waals surface area contributed by atoms with Crippen molar-refractivity contribution in [3.05, 3.63) is 82.1 Å². The highest BCUT2D eigenvalue weighted by atomic mass is 79.9. The zero-order valence-electron chi connectivity index (χ0n) is 17.8. The van der Waals surface area contributed by atoms with E-state index in [9.17, 15) is 4.79 Å². The molecule has 1 aliphatic rings. The fourth-order valence-electron chi connectivity index (χ4n) is 4.90. The summed E-state index contributed by atoms with van der Waals surface area (Å²) in [4.78, 5) is 17.4. The quantitative estimate of drug-likeness (QED) is 0.300. The molecule has 2 aromatic carbocycles. The summed E-state index contributed by atoms with van der Waals surface area (Å²) in [5.41, 5.74) is 12.2. The molecule has 4 nitrogen and oxygen atoms in total. The van der Waals surface area contributed by atoms with Gasteiger partial charge in [0, 0.05) is 6.54 Å². The average Bonchev–Trinajstić information content (AvgIpc) is 3.07. The molecule has 0 aliphatic heterocycles. The first-order valence-corrected chi connectivity index (χ1v) is 11.7. The van der Waals surface area contributed by atoms with Crippen LogP contribution in [0.15, 0.2) is 65.4 Å². The first-order valence-electron chi connectivity index (χ1n) is 11.0. The summed E-state index contributed by atoms with van der Waals surface area (Å²) < 4.78 is 0.822. The first kappa shape index (κ1) is 21.6. The van der Waals surface area contributed by atoms with E-state index in [0.29, 0.717) is 6.42 Å². The van der Waals surface area contributed by atoms with Gasteiger partial charge in [-0.1, -0.05) is 55.8 Å². The monoisotopic (exact) mass is 477 g/mol. The maximum atomic E-state index is 13.1. The van der Waals surface area contributed by atoms with Crippen molar-refractivity contribution < 1.29 is 4.79 Å². The number of carbonyl (C=O) groups is 1. The van der Waals surface area contributed by atoms with Gasteiger partial charge in [0.05, 0.1) is 11.9 Å². The number of aryl methyl sites for hydroxylation is 1. The molecule has 3 N–H and O–H groups in total. The Morgan fingerprint density at radius 1 is 1.06 bits per heavy atom. The second-order valence-corrected chi connectivity index (χ2v) is 8.97. The van der Waals surface area contributed by atoms with Gasteiger partial charge in [-0.2, -0.15) is 0 Å². The van der Waals surface area contributed by atoms with Crippen molar-refractivity contribution in [3.63, 3.8) is 0 Å². The van der Waals surface area contributed by atoms with Gasteiger partial charge in [-0.3, -0.25) is 4.79 Å². The molecular weight excluding hydrogens is 450 g/mol. The molecule has 0 bridgehead atoms. The van der Waals surface area contributed by atoms with E-state index in [0.717, 1.165) is 59.2 Å². The molecule has 0 saturated carbocycles. The summed E-state index contributed by atoms with van der Waals surface area (Å²) >= 11 is 3.36. The predicted molar refractivity (Wildman–Crippen MR) is 130 cm³/mol. The number of unbranched alkanes of at least 4 members (excludes halogenated alkanes) is 1. The SMILES string of the molecule is CCCc1cccc2c1C(CCCCNc1ccc(Br)nc1)(C(N)=O)c1ccccc1-2. The molecule has 1 amide bonds. The lowest BCUT2D eigenvalue weighted by molar-refractivity contribution is -0.122. The standard InChI is InChI=1S/C26H28BrN3O/c1-2-8-18-9-7-11-21-20-10-3-4-12-22(20)26(24(18)21,25(28)31)15-5-6-16-29-19-13-14-23(27)30-17-19/h3-4,7,9-14,17,29H,2,5-6,8,15-16H2,1H3,(H2,28,31). The van der Waals surface area contributed by atoms with Gasteiger partial charge in [0.2, 0.25) is 5.91 Å². The van der Waals surface area contributed by atoms with E-state index in [4.69, 9.17) is 5.73 Å². The third-order valence-electron chi connectivity index (χ3n) is 6.23. The molecule has 1 atom stereocenters. The summed E-state index contributed by atoms with van der Waals surface area (Å²) in [5, 5.41) is 3.41. The van der Waals surface area contributed by atoms with Crippen LogP contribution >= 0.6 is 15.9 Å². The van der Waals surface area contributed by atoms with E-state index >= 15 is 0 Å². The molecule has 1 heterocycles. The fraction of sp³-hybridized carbons (Fsp3) is 0.308. The van der Waals surface area contributed by atoms with Crippen LogP contribution in [0.5, 0.6) is 0 Å². The van der Waals surface area contributed by atoms with E-state index in [1.54, 1.807) is 0 Å². The predicted octanol–water partition coefficient (Wildman–Crippen LogP) is 5.83. The molecule has 0 radical (unpaired) electrons. The van der Waals surface area contributed by atoms with E-state index in [1.807, 2.05) is 30.5 Å². The number of hydrogen-bond acceptors (Lipinski definition) is 3. The van der Waals surface area contributed by atoms with E-state index in [-0.39, 0.29) is 5.91 Å². The number of hydrogen-bond donors (Lipinski definition) is 2. The number of nitrogens with zero attached hydrogens (tertiary/aromatic N) is 1. The molecule has 0 spiro atoms. The van der Waals surface area contributed by atoms with Crippen molar-refractivity contribution in [1.29, 1.82) is 0 Å². The normalized spacial score (nSPS) is 16.6. The van der Waals surface area contributed by atoms with Crippen LogP contribution in [0.25, 0.3) is 11.1 Å². The van der Waals surface area contributed by atoms with Crippen LogP contribution in [0.2, 0.25) is 0 Å². The number of nitrogens with two attached hydrogens (primary N) is 1. The Labute approximate surface area is 192 Å². The Hall–Kier alpha value is -2.66. The van der Waals surface area contributed by atoms with Crippen LogP contribution in [-0.2, 0) is 16.6 Å². The Bertz CT molecular complexity index is 1080. The molecule has 0 saturated heterocycles. The highest BCUT2D eigenvalue weighted by Gasteiger charge is 2.48. The Kier molecular flexibility index (Phi) is 6.42. The molecule has 1 aromatic heterocycles. The number of primary amides is 1. The van der Waals surface area contributed by atoms with Crippen LogP contribution in [0.4, 0.5) is 5.69 Å². The van der Waals surface area contributed by atoms with E-state index in [1.165, 1.54) is 11.1 Å². The summed E-state index contributed by atoms with van der Waals surface area (Å²) in [6.45, 7) is 3.00. The molecule has 160 valence electrons. The number of halogens is 1. The highest BCUT2D eigenvalue weighted by molar-refractivity contribution is 9.10. The van der Waals surface area contributed by atoms with Crippen LogP contribution in [0, 0.1) is 0 Å². The Morgan fingerprint density at radius 3 is 2.61 bits per heavy atom. The van der Waals surface area contributed by atoms with E-state index < -0.39 is 5.41 Å². The van der Waals surface area contributed by atoms with Crippen molar-refractivity contribution >= 4 is 27.5 Å². The number of anilines is 1. The minimum absolute atomic E-state index is 0.243. The summed E-state index contributed by atoms with van der Waals surface area (Å²) in [6, 6.07) is 18.6. The van der Waals surface area contributed by atoms with Crippen LogP contribution in [-0.4, -0.2) is 17.4 Å². The largest absolute Gasteiger partial charge is 0.384 e. The third kappa shape index (κ3) is 3.99. The number of pyridine rings is 1. The topological polar surface area (TPSA) is 68.0 Å². The second-order valence-electron chi connectivity index (χ2n) is 8.16. The summed E-state index contributed by atoms with van der Waals surface area (Å²) in [5.74, 6) is -0.243. The van der Waals surface area contributed by atoms with E-state index in [2.05, 4.69) is 63.5 Å². The van der Waals surface area contributed by atoms with Gasteiger partial charge in [-0.15, -0.1) is 0 Å². The molecule has 1 unspecified atom stereocenters. The minimum Gasteiger partial charge on any atom is -0.384 e. The number of rotatable bonds is 9. The summed E-state index contributed by atoms with van der Waals surface area (Å²) in [6.07, 6.45) is 6.35. The third-order valence-corrected chi connectivity index (χ3v) is 6.70. The van der Waals surface area contributed by atoms with Gasteiger partial charge >= 0.3 is 0 Å². The number of amides is 1. The van der Waals surface area contributed by atoms with Crippen LogP contribution in [0.1, 0.15) is 49.3 Å². The summed E-state index contributed by atoms with van der Waals surface area (Å²) in [7, 11) is 0. The number of fused-ring (bicyclic) bond motifs is 3. The highest BCUT2D eigenvalue weighted by Crippen LogP contribution is 2.52. The smallest absolute Gasteiger partial charge is 0.232 e. The zero-order chi connectivity index (χ0) is 21.8. The molecule has 0 fully saturated rings. The first-order chi connectivity index (χ1) is 15.1. The molecule has 5 heteroatoms. The lowest BCUT2D eigenvalue weighted by Gasteiger charge is -2.30. The van der Waals surface area contributed by atoms with Crippen LogP contribution in [0.3, 0.4) is 0 Å². The van der Waals surface area contributed by atoms with Crippen molar-refractivity contribution in [2.24, 2.45) is 5.73 Å². The second kappa shape index (κ2) is 9.23. The minimum atomic E-state index is -0.753. The van der Waals surface area contributed by atoms with Crippen molar-refractivity contribution in [2.75, 3.05) is 11.9 Å². The number of benzene rings is 2. The van der Waals surface area contributed by atoms with Gasteiger partial charge in [0.25, 0.3) is 0 Å². The maximum absolute atomic E-state index is 13.1. The van der Waals surface area contributed by atoms with Gasteiger partial charge in [0.15, 0.2) is 0 Å². The van der Waals surface area contributed by atoms with Gasteiger partial charge in [-0.25, -0.2) is 4.98 Å². The Balaban J connectivity index is 1.59. The number of aromatic nitrogens is 1. The van der Waals surface area contributed by atoms with Crippen molar-refractivity contribution in [1.82, 2.24) is 4.98 Å². The fourth-order valence-corrected chi connectivity index (χ4v) is 5.13. The molecule has 31 heavy (non-hydrogen) atoms. The molecule has 3 aromatic rings. The Morgan fingerprint density at radius 2 is 1.87 bits per heavy atom. The maximum Gasteiger partial charge on any atom is 0.232 e. The average molecular weight is 478 g/mol. The van der Waals surface area contributed by atoms with Gasteiger partial charge in [-0.05, 0) is 81.6 Å². The molecule has 4 rings (SSSR count). The molecule has 1 aliphatic carbocycles. The number of nitrogens with one attached hydrogen (secondary N) is 1. The van der Waals surface area contributed by atoms with Gasteiger partial charge < -0.3 is 11.1 Å². The van der Waals surface area contributed by atoms with Crippen molar-refractivity contribution in [3.8, 4) is 11.1 Å². The number of carbonyl (C=O) groups excluding carboxylic acids is 1. The lowest BCUT2D eigenvalue weighted by Crippen LogP contribution is -2.41. The van der Waals surface area contributed by atoms with Crippen LogP contribution < -0.4 is 11.1 Å². The molecular formula is C26H28BrN3O. The zero-order valence-corrected chi connectivity index (χ0v) is 19.4.